The molecule has 4 rings (SSSR count). The zero-order chi connectivity index (χ0) is 33.1. The van der Waals surface area contributed by atoms with Crippen LogP contribution in [0.2, 0.25) is 15.1 Å². The maximum absolute atomic E-state index is 12.1. The molecule has 0 aliphatic heterocycles. The number of nitrogens with zero attached hydrogens (tertiary/aromatic N) is 6. The first-order valence-corrected chi connectivity index (χ1v) is 12.6. The number of nitro groups is 3. The molecule has 0 atom stereocenters. The average molecular weight is 686 g/mol. The van der Waals surface area contributed by atoms with E-state index in [-0.39, 0.29) is 20.8 Å². The van der Waals surface area contributed by atoms with Crippen molar-refractivity contribution >= 4 is 80.5 Å². The van der Waals surface area contributed by atoms with Crippen molar-refractivity contribution in [2.75, 3.05) is 0 Å². The third-order valence-corrected chi connectivity index (χ3v) is 5.53. The number of hydrogen-bond acceptors (Lipinski definition) is 12. The molecular formula is C24H12Cl4N6O10. The summed E-state index contributed by atoms with van der Waals surface area (Å²) in [5.41, 5.74) is -2.39. The van der Waals surface area contributed by atoms with E-state index in [1.54, 1.807) is 30.3 Å². The summed E-state index contributed by atoms with van der Waals surface area (Å²) < 4.78 is 0. The van der Waals surface area contributed by atoms with Crippen LogP contribution in [0.5, 0.6) is 0 Å². The van der Waals surface area contributed by atoms with Crippen LogP contribution in [0.4, 0.5) is 17.1 Å². The van der Waals surface area contributed by atoms with Gasteiger partial charge in [-0.15, -0.1) is 0 Å². The van der Waals surface area contributed by atoms with E-state index in [9.17, 15) is 44.7 Å². The Morgan fingerprint density at radius 1 is 0.636 bits per heavy atom. The number of carboxylic acids is 1. The van der Waals surface area contributed by atoms with E-state index < -0.39 is 60.2 Å². The van der Waals surface area contributed by atoms with Gasteiger partial charge in [0.2, 0.25) is 17.2 Å². The lowest BCUT2D eigenvalue weighted by molar-refractivity contribution is -0.385. The topological polar surface area (TPSA) is 240 Å². The standard InChI is InChI=1S/C12H7ClN2O3.C6H2Cl2N2O3.C6H3ClN2O4/c13-9-6-10(15(17)18)11(14-7-9)12(16)8-4-2-1-3-5-8;7-3-1-4(10(12)13)5(6(8)11)9-2-3;7-3-1-4(9(12)13)5(6(10)11)8-2-3/h1-7H;1-2H;1-2H,(H,10,11). The van der Waals surface area contributed by atoms with E-state index in [2.05, 4.69) is 15.0 Å². The van der Waals surface area contributed by atoms with Crippen molar-refractivity contribution in [2.45, 2.75) is 0 Å². The third kappa shape index (κ3) is 9.70. The van der Waals surface area contributed by atoms with Crippen LogP contribution >= 0.6 is 46.4 Å². The van der Waals surface area contributed by atoms with Gasteiger partial charge in [0.15, 0.2) is 5.69 Å². The predicted octanol–water partition coefficient (Wildman–Crippen LogP) is 6.24. The van der Waals surface area contributed by atoms with E-state index >= 15 is 0 Å². The molecule has 3 aromatic heterocycles. The van der Waals surface area contributed by atoms with Gasteiger partial charge in [-0.05, 0) is 11.6 Å². The van der Waals surface area contributed by atoms with Crippen LogP contribution < -0.4 is 0 Å². The molecule has 16 nitrogen and oxygen atoms in total. The Kier molecular flexibility index (Phi) is 12.7. The maximum Gasteiger partial charge on any atom is 0.361 e. The van der Waals surface area contributed by atoms with Gasteiger partial charge in [0.1, 0.15) is 0 Å². The van der Waals surface area contributed by atoms with E-state index in [1.165, 1.54) is 6.20 Å². The summed E-state index contributed by atoms with van der Waals surface area (Å²) in [6.45, 7) is 0. The van der Waals surface area contributed by atoms with E-state index in [1.807, 2.05) is 0 Å². The van der Waals surface area contributed by atoms with Gasteiger partial charge in [-0.2, -0.15) is 0 Å². The number of rotatable bonds is 7. The first-order valence-electron chi connectivity index (χ1n) is 11.1. The zero-order valence-corrected chi connectivity index (χ0v) is 24.2. The van der Waals surface area contributed by atoms with Gasteiger partial charge in [-0.25, -0.2) is 19.7 Å². The van der Waals surface area contributed by atoms with Crippen molar-refractivity contribution in [2.24, 2.45) is 0 Å². The number of halogens is 4. The van der Waals surface area contributed by atoms with Crippen molar-refractivity contribution in [1.82, 2.24) is 15.0 Å². The monoisotopic (exact) mass is 684 g/mol. The van der Waals surface area contributed by atoms with E-state index in [0.29, 0.717) is 5.56 Å². The van der Waals surface area contributed by atoms with Crippen LogP contribution in [0.25, 0.3) is 0 Å². The van der Waals surface area contributed by atoms with Crippen molar-refractivity contribution in [3.05, 3.63) is 135 Å². The van der Waals surface area contributed by atoms with Gasteiger partial charge >= 0.3 is 17.3 Å². The molecule has 0 saturated heterocycles. The summed E-state index contributed by atoms with van der Waals surface area (Å²) in [4.78, 5) is 72.9. The molecule has 0 fully saturated rings. The highest BCUT2D eigenvalue weighted by Crippen LogP contribution is 2.24. The molecule has 4 aromatic rings. The van der Waals surface area contributed by atoms with Crippen molar-refractivity contribution in [3.63, 3.8) is 0 Å². The third-order valence-electron chi connectivity index (χ3n) is 4.73. The minimum atomic E-state index is -1.46. The van der Waals surface area contributed by atoms with Crippen molar-refractivity contribution < 1.29 is 34.3 Å². The first kappa shape index (κ1) is 35.0. The van der Waals surface area contributed by atoms with Crippen LogP contribution in [-0.4, -0.2) is 51.8 Å². The Morgan fingerprint density at radius 2 is 1.00 bits per heavy atom. The van der Waals surface area contributed by atoms with Gasteiger partial charge in [-0.3, -0.25) is 39.9 Å². The average Bonchev–Trinajstić information content (AvgIpc) is 2.97. The summed E-state index contributed by atoms with van der Waals surface area (Å²) in [6.07, 6.45) is 3.37. The highest BCUT2D eigenvalue weighted by Gasteiger charge is 2.24. The zero-order valence-electron chi connectivity index (χ0n) is 21.2. The van der Waals surface area contributed by atoms with Gasteiger partial charge in [0.05, 0.1) is 29.8 Å². The Morgan fingerprint density at radius 3 is 1.39 bits per heavy atom. The molecule has 0 amide bonds. The number of ketones is 1. The Hall–Kier alpha value is -5.16. The molecule has 0 saturated carbocycles. The van der Waals surface area contributed by atoms with Crippen molar-refractivity contribution in [3.8, 4) is 0 Å². The number of aromatic nitrogens is 3. The number of aromatic carboxylic acids is 1. The molecule has 1 aromatic carbocycles. The normalized spacial score (nSPS) is 9.82. The molecule has 3 heterocycles. The van der Waals surface area contributed by atoms with Crippen LogP contribution in [0.3, 0.4) is 0 Å². The molecule has 1 N–H and O–H groups in total. The summed E-state index contributed by atoms with van der Waals surface area (Å²) in [7, 11) is 0. The lowest BCUT2D eigenvalue weighted by Crippen LogP contribution is -2.07. The van der Waals surface area contributed by atoms with E-state index in [4.69, 9.17) is 51.5 Å². The van der Waals surface area contributed by atoms with Crippen LogP contribution in [0, 0.1) is 30.3 Å². The van der Waals surface area contributed by atoms with Crippen LogP contribution in [0.15, 0.2) is 67.1 Å². The molecule has 0 bridgehead atoms. The van der Waals surface area contributed by atoms with E-state index in [0.717, 1.165) is 30.6 Å². The molecule has 0 aliphatic carbocycles. The fourth-order valence-corrected chi connectivity index (χ4v) is 3.52. The minimum Gasteiger partial charge on any atom is -0.476 e. The highest BCUT2D eigenvalue weighted by atomic mass is 35.5. The van der Waals surface area contributed by atoms with Crippen LogP contribution in [-0.2, 0) is 0 Å². The quantitative estimate of drug-likeness (QED) is 0.0981. The largest absolute Gasteiger partial charge is 0.476 e. The molecule has 226 valence electrons. The molecule has 44 heavy (non-hydrogen) atoms. The molecule has 0 unspecified atom stereocenters. The minimum absolute atomic E-state index is 0.0247. The summed E-state index contributed by atoms with van der Waals surface area (Å²) in [6, 6.07) is 11.3. The fraction of sp³-hybridized carbons (Fsp3) is 0. The summed E-state index contributed by atoms with van der Waals surface area (Å²) >= 11 is 21.5. The molecular weight excluding hydrogens is 674 g/mol. The molecule has 0 spiro atoms. The van der Waals surface area contributed by atoms with Gasteiger partial charge < -0.3 is 5.11 Å². The number of pyridine rings is 3. The lowest BCUT2D eigenvalue weighted by atomic mass is 10.1. The second-order valence-electron chi connectivity index (χ2n) is 7.61. The van der Waals surface area contributed by atoms with Crippen LogP contribution in [0.1, 0.15) is 37.0 Å². The number of carboxylic acid groups (broad SMARTS) is 1. The number of carbonyl (C=O) groups excluding carboxylic acids is 2. The van der Waals surface area contributed by atoms with Gasteiger partial charge in [-0.1, -0.05) is 65.1 Å². The molecule has 0 radical (unpaired) electrons. The first-order chi connectivity index (χ1) is 20.6. The smallest absolute Gasteiger partial charge is 0.361 e. The molecule has 20 heteroatoms. The maximum atomic E-state index is 12.1. The second-order valence-corrected chi connectivity index (χ2v) is 9.26. The Bertz CT molecular complexity index is 1700. The Balaban J connectivity index is 0.000000235. The SMILES string of the molecule is O=C(Cl)c1ncc(Cl)cc1[N+](=O)[O-].O=C(O)c1ncc(Cl)cc1[N+](=O)[O-].O=C(c1ccccc1)c1ncc(Cl)cc1[N+](=O)[O-]. The highest BCUT2D eigenvalue weighted by molar-refractivity contribution is 6.67. The number of hydrogen-bond donors (Lipinski definition) is 1. The molecule has 0 aliphatic rings. The predicted molar refractivity (Wildman–Crippen MR) is 155 cm³/mol. The number of benzene rings is 1. The number of carbonyl (C=O) groups is 3. The van der Waals surface area contributed by atoms with Gasteiger partial charge in [0, 0.05) is 42.4 Å². The Labute approximate surface area is 264 Å². The summed E-state index contributed by atoms with van der Waals surface area (Å²) in [5.74, 6) is -1.96. The second kappa shape index (κ2) is 15.9. The van der Waals surface area contributed by atoms with Gasteiger partial charge in [0.25, 0.3) is 10.9 Å². The van der Waals surface area contributed by atoms with Crippen molar-refractivity contribution in [1.29, 1.82) is 0 Å². The fourth-order valence-electron chi connectivity index (χ4n) is 2.92. The lowest BCUT2D eigenvalue weighted by Gasteiger charge is -2.01. The summed E-state index contributed by atoms with van der Waals surface area (Å²) in [5, 5.41) is 39.3.